The molecule has 1 amide bonds. The van der Waals surface area contributed by atoms with Crippen LogP contribution in [0.2, 0.25) is 0 Å². The largest absolute Gasteiger partial charge is 0.351 e. The van der Waals surface area contributed by atoms with Crippen LogP contribution in [0.1, 0.15) is 54.8 Å². The monoisotopic (exact) mass is 335 g/mol. The van der Waals surface area contributed by atoms with Gasteiger partial charge >= 0.3 is 0 Å². The van der Waals surface area contributed by atoms with E-state index in [1.54, 1.807) is 7.05 Å². The molecular formula is C17H25N3O2S. The molecule has 0 aromatic carbocycles. The van der Waals surface area contributed by atoms with Crippen molar-refractivity contribution in [1.29, 1.82) is 0 Å². The highest BCUT2D eigenvalue weighted by Gasteiger charge is 2.19. The minimum absolute atomic E-state index is 0.0949. The minimum atomic E-state index is -0.0998. The smallest absolute Gasteiger partial charge is 0.262 e. The standard InChI is InChI=1S/C17H25N3O2S/c1-5-7-8-12(6-2)9-18-15(21)14-11(3)13-16(23-14)19-10-20(4)17(13)22/h10,12H,5-9H2,1-4H3,(H,18,21). The summed E-state index contributed by atoms with van der Waals surface area (Å²) in [5, 5.41) is 3.59. The summed E-state index contributed by atoms with van der Waals surface area (Å²) < 4.78 is 1.45. The van der Waals surface area contributed by atoms with Gasteiger partial charge in [-0.2, -0.15) is 0 Å². The molecule has 0 saturated heterocycles. The normalized spacial score (nSPS) is 12.5. The third kappa shape index (κ3) is 3.80. The first-order valence-corrected chi connectivity index (χ1v) is 9.04. The molecule has 6 heteroatoms. The Morgan fingerprint density at radius 1 is 1.43 bits per heavy atom. The fraction of sp³-hybridized carbons (Fsp3) is 0.588. The first-order valence-electron chi connectivity index (χ1n) is 8.22. The first kappa shape index (κ1) is 17.7. The summed E-state index contributed by atoms with van der Waals surface area (Å²) in [7, 11) is 1.67. The van der Waals surface area contributed by atoms with E-state index < -0.39 is 0 Å². The van der Waals surface area contributed by atoms with Crippen molar-refractivity contribution in [1.82, 2.24) is 14.9 Å². The van der Waals surface area contributed by atoms with Crippen LogP contribution in [0.3, 0.4) is 0 Å². The number of amides is 1. The number of aromatic nitrogens is 2. The average Bonchev–Trinajstić information content (AvgIpc) is 2.88. The lowest BCUT2D eigenvalue weighted by atomic mass is 9.99. The lowest BCUT2D eigenvalue weighted by Crippen LogP contribution is -2.29. The van der Waals surface area contributed by atoms with Crippen molar-refractivity contribution in [2.75, 3.05) is 6.54 Å². The molecule has 23 heavy (non-hydrogen) atoms. The summed E-state index contributed by atoms with van der Waals surface area (Å²) in [5.74, 6) is 0.419. The zero-order chi connectivity index (χ0) is 17.0. The number of carbonyl (C=O) groups excluding carboxylic acids is 1. The Labute approximate surface area is 140 Å². The summed E-state index contributed by atoms with van der Waals surface area (Å²) in [5.41, 5.74) is 0.634. The Morgan fingerprint density at radius 3 is 2.83 bits per heavy atom. The van der Waals surface area contributed by atoms with Crippen LogP contribution in [0.25, 0.3) is 10.2 Å². The highest BCUT2D eigenvalue weighted by molar-refractivity contribution is 7.20. The van der Waals surface area contributed by atoms with Crippen molar-refractivity contribution in [3.05, 3.63) is 27.1 Å². The van der Waals surface area contributed by atoms with Crippen molar-refractivity contribution in [2.24, 2.45) is 13.0 Å². The van der Waals surface area contributed by atoms with Crippen molar-refractivity contribution < 1.29 is 4.79 Å². The molecule has 0 aliphatic carbocycles. The maximum absolute atomic E-state index is 12.5. The van der Waals surface area contributed by atoms with E-state index in [9.17, 15) is 9.59 Å². The molecule has 1 unspecified atom stereocenters. The Morgan fingerprint density at radius 2 is 2.17 bits per heavy atom. The maximum Gasteiger partial charge on any atom is 0.262 e. The molecule has 0 radical (unpaired) electrons. The summed E-state index contributed by atoms with van der Waals surface area (Å²) in [4.78, 5) is 30.2. The van der Waals surface area contributed by atoms with Gasteiger partial charge in [0, 0.05) is 13.6 Å². The van der Waals surface area contributed by atoms with Gasteiger partial charge in [-0.1, -0.05) is 33.1 Å². The number of unbranched alkanes of at least 4 members (excludes halogenated alkanes) is 1. The summed E-state index contributed by atoms with van der Waals surface area (Å²) >= 11 is 1.30. The third-order valence-electron chi connectivity index (χ3n) is 4.31. The van der Waals surface area contributed by atoms with E-state index in [0.29, 0.717) is 27.6 Å². The van der Waals surface area contributed by atoms with E-state index in [2.05, 4.69) is 24.1 Å². The lowest BCUT2D eigenvalue weighted by Gasteiger charge is -2.15. The number of thiophene rings is 1. The molecule has 0 fully saturated rings. The maximum atomic E-state index is 12.5. The summed E-state index contributed by atoms with van der Waals surface area (Å²) in [6.45, 7) is 6.85. The fourth-order valence-corrected chi connectivity index (χ4v) is 3.74. The number of aryl methyl sites for hydroxylation is 2. The molecule has 1 N–H and O–H groups in total. The second-order valence-corrected chi connectivity index (χ2v) is 7.02. The summed E-state index contributed by atoms with van der Waals surface area (Å²) in [6, 6.07) is 0. The van der Waals surface area contributed by atoms with Gasteiger partial charge in [0.05, 0.1) is 16.6 Å². The Balaban J connectivity index is 2.17. The van der Waals surface area contributed by atoms with E-state index >= 15 is 0 Å². The van der Waals surface area contributed by atoms with Crippen molar-refractivity contribution in [2.45, 2.75) is 46.5 Å². The number of carbonyl (C=O) groups is 1. The number of hydrogen-bond acceptors (Lipinski definition) is 4. The molecule has 0 aliphatic rings. The second kappa shape index (κ2) is 7.73. The Kier molecular flexibility index (Phi) is 5.93. The average molecular weight is 335 g/mol. The van der Waals surface area contributed by atoms with E-state index in [4.69, 9.17) is 0 Å². The van der Waals surface area contributed by atoms with Crippen LogP contribution in [0.4, 0.5) is 0 Å². The van der Waals surface area contributed by atoms with Crippen LogP contribution in [0.15, 0.2) is 11.1 Å². The van der Waals surface area contributed by atoms with Gasteiger partial charge in [-0.15, -0.1) is 11.3 Å². The minimum Gasteiger partial charge on any atom is -0.351 e. The Bertz CT molecular complexity index is 748. The van der Waals surface area contributed by atoms with Gasteiger partial charge in [0.25, 0.3) is 11.5 Å². The molecule has 126 valence electrons. The predicted octanol–water partition coefficient (Wildman–Crippen LogP) is 3.25. The van der Waals surface area contributed by atoms with Gasteiger partial charge in [-0.05, 0) is 24.8 Å². The predicted molar refractivity (Wildman–Crippen MR) is 95.2 cm³/mol. The van der Waals surface area contributed by atoms with Gasteiger partial charge in [0.15, 0.2) is 0 Å². The summed E-state index contributed by atoms with van der Waals surface area (Å²) in [6.07, 6.45) is 6.07. The van der Waals surface area contributed by atoms with Crippen LogP contribution in [0.5, 0.6) is 0 Å². The van der Waals surface area contributed by atoms with Gasteiger partial charge in [-0.3, -0.25) is 9.59 Å². The molecule has 5 nitrogen and oxygen atoms in total. The van der Waals surface area contributed by atoms with Crippen LogP contribution in [0, 0.1) is 12.8 Å². The van der Waals surface area contributed by atoms with Gasteiger partial charge in [0.2, 0.25) is 0 Å². The van der Waals surface area contributed by atoms with E-state index in [1.807, 2.05) is 6.92 Å². The second-order valence-electron chi connectivity index (χ2n) is 6.02. The number of hydrogen-bond donors (Lipinski definition) is 1. The van der Waals surface area contributed by atoms with E-state index in [1.165, 1.54) is 35.1 Å². The SMILES string of the molecule is CCCCC(CC)CNC(=O)c1sc2ncn(C)c(=O)c2c1C. The van der Waals surface area contributed by atoms with Crippen LogP contribution in [-0.2, 0) is 7.05 Å². The Hall–Kier alpha value is -1.69. The molecular weight excluding hydrogens is 310 g/mol. The number of fused-ring (bicyclic) bond motifs is 1. The first-order chi connectivity index (χ1) is 11.0. The van der Waals surface area contributed by atoms with Gasteiger partial charge < -0.3 is 9.88 Å². The molecule has 2 aromatic rings. The van der Waals surface area contributed by atoms with Gasteiger partial charge in [-0.25, -0.2) is 4.98 Å². The van der Waals surface area contributed by atoms with Crippen LogP contribution < -0.4 is 10.9 Å². The molecule has 0 aliphatic heterocycles. The van der Waals surface area contributed by atoms with Crippen molar-refractivity contribution in [3.63, 3.8) is 0 Å². The van der Waals surface area contributed by atoms with E-state index in [-0.39, 0.29) is 11.5 Å². The molecule has 0 saturated carbocycles. The topological polar surface area (TPSA) is 64.0 Å². The third-order valence-corrected chi connectivity index (χ3v) is 5.51. The highest BCUT2D eigenvalue weighted by Crippen LogP contribution is 2.26. The number of rotatable bonds is 7. The van der Waals surface area contributed by atoms with Crippen LogP contribution >= 0.6 is 11.3 Å². The lowest BCUT2D eigenvalue weighted by molar-refractivity contribution is 0.0949. The number of nitrogens with one attached hydrogen (secondary N) is 1. The highest BCUT2D eigenvalue weighted by atomic mass is 32.1. The number of nitrogens with zero attached hydrogens (tertiary/aromatic N) is 2. The fourth-order valence-electron chi connectivity index (χ4n) is 2.69. The van der Waals surface area contributed by atoms with Crippen molar-refractivity contribution >= 4 is 27.5 Å². The molecule has 0 bridgehead atoms. The van der Waals surface area contributed by atoms with Gasteiger partial charge in [0.1, 0.15) is 4.83 Å². The molecule has 1 atom stereocenters. The quantitative estimate of drug-likeness (QED) is 0.845. The van der Waals surface area contributed by atoms with Crippen LogP contribution in [-0.4, -0.2) is 22.0 Å². The van der Waals surface area contributed by atoms with E-state index in [0.717, 1.165) is 18.4 Å². The molecule has 0 spiro atoms. The zero-order valence-corrected chi connectivity index (χ0v) is 15.1. The molecule has 2 heterocycles. The zero-order valence-electron chi connectivity index (χ0n) is 14.3. The molecule has 2 rings (SSSR count). The van der Waals surface area contributed by atoms with Crippen molar-refractivity contribution in [3.8, 4) is 0 Å². The molecule has 2 aromatic heterocycles.